The number of anilines is 2. The Balaban J connectivity index is 1.96. The number of hydrogen-bond donors (Lipinski definition) is 2. The van der Waals surface area contributed by atoms with E-state index in [-0.39, 0.29) is 5.91 Å². The molecule has 0 fully saturated rings. The Morgan fingerprint density at radius 1 is 1.14 bits per heavy atom. The molecule has 0 saturated carbocycles. The minimum atomic E-state index is -0.0800. The van der Waals surface area contributed by atoms with Crippen molar-refractivity contribution in [3.63, 3.8) is 0 Å². The summed E-state index contributed by atoms with van der Waals surface area (Å²) in [5.41, 5.74) is 2.81. The van der Waals surface area contributed by atoms with Crippen LogP contribution in [0.4, 0.5) is 11.4 Å². The van der Waals surface area contributed by atoms with Crippen LogP contribution in [0.3, 0.4) is 0 Å². The summed E-state index contributed by atoms with van der Waals surface area (Å²) in [5.74, 6) is 0.587. The van der Waals surface area contributed by atoms with E-state index < -0.39 is 0 Å². The molecule has 0 aliphatic heterocycles. The Morgan fingerprint density at radius 3 is 2.38 bits per heavy atom. The van der Waals surface area contributed by atoms with E-state index in [0.29, 0.717) is 17.3 Å². The molecule has 2 rings (SSSR count). The highest BCUT2D eigenvalue weighted by Crippen LogP contribution is 2.25. The molecule has 5 heteroatoms. The highest BCUT2D eigenvalue weighted by molar-refractivity contribution is 6.32. The normalized spacial score (nSPS) is 10.0. The monoisotopic (exact) mass is 304 g/mol. The Kier molecular flexibility index (Phi) is 5.06. The highest BCUT2D eigenvalue weighted by Gasteiger charge is 2.02. The van der Waals surface area contributed by atoms with Crippen LogP contribution in [-0.2, 0) is 11.3 Å². The molecule has 0 bridgehead atoms. The van der Waals surface area contributed by atoms with Gasteiger partial charge in [-0.2, -0.15) is 0 Å². The molecule has 0 heterocycles. The lowest BCUT2D eigenvalue weighted by Gasteiger charge is -2.09. The number of amides is 1. The maximum atomic E-state index is 10.9. The first-order chi connectivity index (χ1) is 10.1. The SMILES string of the molecule is COc1ccc(CNc2ccc(NC(C)=O)cc2)cc1Cl. The van der Waals surface area contributed by atoms with E-state index >= 15 is 0 Å². The molecule has 0 aliphatic rings. The number of rotatable bonds is 5. The zero-order valence-electron chi connectivity index (χ0n) is 11.9. The van der Waals surface area contributed by atoms with Crippen LogP contribution in [0.1, 0.15) is 12.5 Å². The van der Waals surface area contributed by atoms with Gasteiger partial charge in [0.15, 0.2) is 0 Å². The number of nitrogens with one attached hydrogen (secondary N) is 2. The molecule has 4 nitrogen and oxygen atoms in total. The molecule has 2 N–H and O–H groups in total. The Hall–Kier alpha value is -2.20. The average Bonchev–Trinajstić information content (AvgIpc) is 2.46. The topological polar surface area (TPSA) is 50.4 Å². The predicted octanol–water partition coefficient (Wildman–Crippen LogP) is 3.92. The van der Waals surface area contributed by atoms with Crippen LogP contribution >= 0.6 is 11.6 Å². The molecule has 2 aromatic rings. The average molecular weight is 305 g/mol. The lowest BCUT2D eigenvalue weighted by molar-refractivity contribution is -0.114. The molecule has 0 saturated heterocycles. The van der Waals surface area contributed by atoms with Gasteiger partial charge in [-0.05, 0) is 42.0 Å². The molecule has 0 aromatic heterocycles. The van der Waals surface area contributed by atoms with Crippen molar-refractivity contribution < 1.29 is 9.53 Å². The first kappa shape index (κ1) is 15.2. The quantitative estimate of drug-likeness (QED) is 0.880. The van der Waals surface area contributed by atoms with Gasteiger partial charge in [0.1, 0.15) is 5.75 Å². The van der Waals surface area contributed by atoms with Gasteiger partial charge in [0.2, 0.25) is 5.91 Å². The second-order valence-corrected chi connectivity index (χ2v) is 4.99. The second kappa shape index (κ2) is 6.99. The summed E-state index contributed by atoms with van der Waals surface area (Å²) < 4.78 is 5.12. The van der Waals surface area contributed by atoms with E-state index in [1.54, 1.807) is 7.11 Å². The van der Waals surface area contributed by atoms with Gasteiger partial charge in [0, 0.05) is 24.8 Å². The highest BCUT2D eigenvalue weighted by atomic mass is 35.5. The maximum absolute atomic E-state index is 10.9. The van der Waals surface area contributed by atoms with E-state index in [9.17, 15) is 4.79 Å². The summed E-state index contributed by atoms with van der Waals surface area (Å²) in [4.78, 5) is 10.9. The Morgan fingerprint density at radius 2 is 1.81 bits per heavy atom. The van der Waals surface area contributed by atoms with Gasteiger partial charge in [0.25, 0.3) is 0 Å². The third-order valence-corrected chi connectivity index (χ3v) is 3.21. The lowest BCUT2D eigenvalue weighted by atomic mass is 10.2. The van der Waals surface area contributed by atoms with Crippen LogP contribution in [0.25, 0.3) is 0 Å². The van der Waals surface area contributed by atoms with Crippen LogP contribution in [0.15, 0.2) is 42.5 Å². The third kappa shape index (κ3) is 4.39. The summed E-state index contributed by atoms with van der Waals surface area (Å²) in [6.45, 7) is 2.14. The maximum Gasteiger partial charge on any atom is 0.221 e. The van der Waals surface area contributed by atoms with E-state index in [1.165, 1.54) is 6.92 Å². The number of carbonyl (C=O) groups is 1. The molecular formula is C16H17ClN2O2. The standard InChI is InChI=1S/C16H17ClN2O2/c1-11(20)19-14-6-4-13(5-7-14)18-10-12-3-8-16(21-2)15(17)9-12/h3-9,18H,10H2,1-2H3,(H,19,20). The molecule has 110 valence electrons. The number of benzene rings is 2. The van der Waals surface area contributed by atoms with Crippen LogP contribution in [0.5, 0.6) is 5.75 Å². The second-order valence-electron chi connectivity index (χ2n) is 4.58. The van der Waals surface area contributed by atoms with Crippen molar-refractivity contribution in [2.24, 2.45) is 0 Å². The molecule has 1 amide bonds. The Bertz CT molecular complexity index is 627. The number of carbonyl (C=O) groups excluding carboxylic acids is 1. The van der Waals surface area contributed by atoms with Crippen LogP contribution in [-0.4, -0.2) is 13.0 Å². The number of hydrogen-bond acceptors (Lipinski definition) is 3. The van der Waals surface area contributed by atoms with Crippen molar-refractivity contribution in [3.05, 3.63) is 53.1 Å². The van der Waals surface area contributed by atoms with Gasteiger partial charge in [0.05, 0.1) is 12.1 Å². The molecular weight excluding hydrogens is 288 g/mol. The molecule has 0 unspecified atom stereocenters. The molecule has 0 radical (unpaired) electrons. The first-order valence-electron chi connectivity index (χ1n) is 6.52. The largest absolute Gasteiger partial charge is 0.495 e. The minimum absolute atomic E-state index is 0.0800. The summed E-state index contributed by atoms with van der Waals surface area (Å²) in [6, 6.07) is 13.2. The molecule has 21 heavy (non-hydrogen) atoms. The number of ether oxygens (including phenoxy) is 1. The first-order valence-corrected chi connectivity index (χ1v) is 6.90. The van der Waals surface area contributed by atoms with Crippen molar-refractivity contribution in [1.29, 1.82) is 0 Å². The zero-order chi connectivity index (χ0) is 15.2. The van der Waals surface area contributed by atoms with E-state index in [2.05, 4.69) is 10.6 Å². The predicted molar refractivity (Wildman–Crippen MR) is 86.1 cm³/mol. The van der Waals surface area contributed by atoms with Gasteiger partial charge in [-0.3, -0.25) is 4.79 Å². The van der Waals surface area contributed by atoms with Gasteiger partial charge in [-0.1, -0.05) is 17.7 Å². The number of methoxy groups -OCH3 is 1. The molecule has 0 atom stereocenters. The summed E-state index contributed by atoms with van der Waals surface area (Å²) >= 11 is 6.09. The van der Waals surface area contributed by atoms with Crippen molar-refractivity contribution in [2.45, 2.75) is 13.5 Å². The van der Waals surface area contributed by atoms with Gasteiger partial charge < -0.3 is 15.4 Å². The third-order valence-electron chi connectivity index (χ3n) is 2.92. The Labute approximate surface area is 129 Å². The number of halogens is 1. The lowest BCUT2D eigenvalue weighted by Crippen LogP contribution is -2.05. The van der Waals surface area contributed by atoms with E-state index in [4.69, 9.17) is 16.3 Å². The van der Waals surface area contributed by atoms with Crippen molar-refractivity contribution >= 4 is 28.9 Å². The smallest absolute Gasteiger partial charge is 0.221 e. The molecule has 2 aromatic carbocycles. The van der Waals surface area contributed by atoms with Crippen molar-refractivity contribution in [3.8, 4) is 5.75 Å². The summed E-state index contributed by atoms with van der Waals surface area (Å²) in [5, 5.41) is 6.62. The van der Waals surface area contributed by atoms with Crippen LogP contribution < -0.4 is 15.4 Å². The van der Waals surface area contributed by atoms with Crippen molar-refractivity contribution in [1.82, 2.24) is 0 Å². The van der Waals surface area contributed by atoms with E-state index in [0.717, 1.165) is 16.9 Å². The molecule has 0 spiro atoms. The van der Waals surface area contributed by atoms with Gasteiger partial charge in [-0.15, -0.1) is 0 Å². The van der Waals surface area contributed by atoms with Crippen molar-refractivity contribution in [2.75, 3.05) is 17.7 Å². The van der Waals surface area contributed by atoms with Gasteiger partial charge >= 0.3 is 0 Å². The summed E-state index contributed by atoms with van der Waals surface area (Å²) in [6.07, 6.45) is 0. The van der Waals surface area contributed by atoms with Crippen LogP contribution in [0.2, 0.25) is 5.02 Å². The zero-order valence-corrected chi connectivity index (χ0v) is 12.7. The van der Waals surface area contributed by atoms with E-state index in [1.807, 2.05) is 42.5 Å². The fraction of sp³-hybridized carbons (Fsp3) is 0.188. The fourth-order valence-corrected chi connectivity index (χ4v) is 2.18. The minimum Gasteiger partial charge on any atom is -0.495 e. The fourth-order valence-electron chi connectivity index (χ4n) is 1.90. The summed E-state index contributed by atoms with van der Waals surface area (Å²) in [7, 11) is 1.59. The van der Waals surface area contributed by atoms with Gasteiger partial charge in [-0.25, -0.2) is 0 Å². The molecule has 0 aliphatic carbocycles. The van der Waals surface area contributed by atoms with Crippen LogP contribution in [0, 0.1) is 0 Å².